The lowest BCUT2D eigenvalue weighted by Crippen LogP contribution is -2.53. The van der Waals surface area contributed by atoms with E-state index in [2.05, 4.69) is 20.0 Å². The molecule has 8 nitrogen and oxygen atoms in total. The predicted octanol–water partition coefficient (Wildman–Crippen LogP) is 4.04. The Morgan fingerprint density at radius 2 is 1.92 bits per heavy atom. The van der Waals surface area contributed by atoms with Crippen LogP contribution >= 0.6 is 0 Å². The normalized spacial score (nSPS) is 20.1. The summed E-state index contributed by atoms with van der Waals surface area (Å²) in [7, 11) is -4.01. The summed E-state index contributed by atoms with van der Waals surface area (Å²) in [6.07, 6.45) is 1.64. The number of aromatic nitrogens is 1. The van der Waals surface area contributed by atoms with Gasteiger partial charge in [-0.05, 0) is 56.7 Å². The Morgan fingerprint density at radius 1 is 1.17 bits per heavy atom. The van der Waals surface area contributed by atoms with E-state index >= 15 is 0 Å². The number of amides is 1. The molecule has 2 aromatic carbocycles. The van der Waals surface area contributed by atoms with Gasteiger partial charge in [-0.3, -0.25) is 9.78 Å². The van der Waals surface area contributed by atoms with Gasteiger partial charge in [-0.1, -0.05) is 36.4 Å². The molecule has 0 radical (unpaired) electrons. The highest BCUT2D eigenvalue weighted by molar-refractivity contribution is 7.90. The molecular formula is C26H27FN4O4S. The molecule has 0 spiro atoms. The summed E-state index contributed by atoms with van der Waals surface area (Å²) in [4.78, 5) is 21.2. The van der Waals surface area contributed by atoms with Crippen LogP contribution in [0.25, 0.3) is 0 Å². The second-order valence-corrected chi connectivity index (χ2v) is 10.8. The van der Waals surface area contributed by atoms with Gasteiger partial charge in [-0.2, -0.15) is 0 Å². The number of hydrogen-bond acceptors (Lipinski definition) is 6. The molecule has 1 aliphatic heterocycles. The zero-order valence-corrected chi connectivity index (χ0v) is 20.9. The van der Waals surface area contributed by atoms with Crippen LogP contribution in [0.5, 0.6) is 0 Å². The van der Waals surface area contributed by atoms with Crippen LogP contribution in [0, 0.1) is 5.82 Å². The van der Waals surface area contributed by atoms with Gasteiger partial charge in [0.1, 0.15) is 16.7 Å². The second-order valence-electron chi connectivity index (χ2n) is 8.99. The maximum absolute atomic E-state index is 14.2. The van der Waals surface area contributed by atoms with Gasteiger partial charge in [0, 0.05) is 17.3 Å². The number of nitrogens with zero attached hydrogens (tertiary/aromatic N) is 2. The van der Waals surface area contributed by atoms with Crippen molar-refractivity contribution in [1.82, 2.24) is 15.0 Å². The minimum Gasteiger partial charge on any atom is -0.457 e. The van der Waals surface area contributed by atoms with Crippen LogP contribution in [0.15, 0.2) is 77.9 Å². The van der Waals surface area contributed by atoms with Crippen molar-refractivity contribution < 1.29 is 22.3 Å². The number of nitrogens with one attached hydrogen (secondary N) is 2. The van der Waals surface area contributed by atoms with E-state index in [4.69, 9.17) is 4.74 Å². The Labute approximate surface area is 209 Å². The molecule has 2 unspecified atom stereocenters. The second kappa shape index (κ2) is 10.1. The van der Waals surface area contributed by atoms with Crippen LogP contribution in [0.4, 0.5) is 4.39 Å². The molecule has 0 bridgehead atoms. The van der Waals surface area contributed by atoms with Crippen molar-refractivity contribution in [2.75, 3.05) is 0 Å². The Hall–Kier alpha value is -3.79. The Balaban J connectivity index is 1.56. The predicted molar refractivity (Wildman–Crippen MR) is 134 cm³/mol. The van der Waals surface area contributed by atoms with Crippen molar-refractivity contribution in [3.8, 4) is 0 Å². The molecule has 2 N–H and O–H groups in total. The first kappa shape index (κ1) is 25.3. The molecule has 1 fully saturated rings. The van der Waals surface area contributed by atoms with Crippen LogP contribution in [0.3, 0.4) is 0 Å². The van der Waals surface area contributed by atoms with Gasteiger partial charge in [-0.25, -0.2) is 22.5 Å². The Bertz CT molecular complexity index is 1390. The fraction of sp³-hybridized carbons (Fsp3) is 0.269. The molecule has 3 aromatic rings. The molecule has 1 amide bonds. The number of carbonyl (C=O) groups excluding carboxylic acids is 1. The van der Waals surface area contributed by atoms with Gasteiger partial charge >= 0.3 is 0 Å². The SMILES string of the molecule is CC(N=C1NS(=O)(=O)C(c2cccc(C(=O)NCc3ccccn3)c2)C(C)(C)O1)c1ccccc1F. The smallest absolute Gasteiger partial charge is 0.299 e. The van der Waals surface area contributed by atoms with Gasteiger partial charge in [0.15, 0.2) is 0 Å². The summed E-state index contributed by atoms with van der Waals surface area (Å²) < 4.78 is 49.1. The molecule has 1 saturated heterocycles. The lowest BCUT2D eigenvalue weighted by atomic mass is 9.96. The van der Waals surface area contributed by atoms with Gasteiger partial charge < -0.3 is 10.1 Å². The molecule has 1 aromatic heterocycles. The number of carbonyl (C=O) groups is 1. The standard InChI is InChI=1S/C26H27FN4O4S/c1-17(21-12-4-5-13-22(21)27)30-25-31-36(33,34)23(26(2,3)35-25)18-9-8-10-19(15-18)24(32)29-16-20-11-6-7-14-28-20/h4-15,17,23H,16H2,1-3H3,(H,29,32)(H,30,31). The third-order valence-corrected chi connectivity index (χ3v) is 7.72. The molecule has 10 heteroatoms. The van der Waals surface area contributed by atoms with Crippen molar-refractivity contribution in [3.63, 3.8) is 0 Å². The first-order valence-corrected chi connectivity index (χ1v) is 12.9. The third-order valence-electron chi connectivity index (χ3n) is 5.81. The summed E-state index contributed by atoms with van der Waals surface area (Å²) in [6, 6.07) is 17.1. The van der Waals surface area contributed by atoms with Crippen LogP contribution in [0.2, 0.25) is 0 Å². The Morgan fingerprint density at radius 3 is 2.61 bits per heavy atom. The molecule has 4 rings (SSSR count). The monoisotopic (exact) mass is 510 g/mol. The topological polar surface area (TPSA) is 110 Å². The minimum absolute atomic E-state index is 0.212. The molecule has 36 heavy (non-hydrogen) atoms. The lowest BCUT2D eigenvalue weighted by Gasteiger charge is -2.39. The highest BCUT2D eigenvalue weighted by Crippen LogP contribution is 2.39. The van der Waals surface area contributed by atoms with Crippen LogP contribution < -0.4 is 10.0 Å². The van der Waals surface area contributed by atoms with Crippen molar-refractivity contribution in [1.29, 1.82) is 0 Å². The summed E-state index contributed by atoms with van der Waals surface area (Å²) >= 11 is 0. The molecule has 0 saturated carbocycles. The maximum Gasteiger partial charge on any atom is 0.299 e. The van der Waals surface area contributed by atoms with E-state index in [0.29, 0.717) is 22.4 Å². The summed E-state index contributed by atoms with van der Waals surface area (Å²) in [5, 5.41) is 1.66. The minimum atomic E-state index is -4.01. The van der Waals surface area contributed by atoms with Crippen LogP contribution in [0.1, 0.15) is 59.2 Å². The number of halogens is 1. The molecule has 2 atom stereocenters. The molecule has 188 valence electrons. The number of sulfonamides is 1. The molecule has 0 aliphatic carbocycles. The van der Waals surface area contributed by atoms with Gasteiger partial charge in [0.25, 0.3) is 11.9 Å². The van der Waals surface area contributed by atoms with Gasteiger partial charge in [0.2, 0.25) is 10.0 Å². The number of ether oxygens (including phenoxy) is 1. The first-order valence-electron chi connectivity index (χ1n) is 11.4. The summed E-state index contributed by atoms with van der Waals surface area (Å²) in [5.41, 5.74) is 0.478. The van der Waals surface area contributed by atoms with E-state index in [9.17, 15) is 17.6 Å². The van der Waals surface area contributed by atoms with Crippen LogP contribution in [-0.4, -0.2) is 30.9 Å². The van der Waals surface area contributed by atoms with E-state index < -0.39 is 32.7 Å². The average molecular weight is 511 g/mol. The van der Waals surface area contributed by atoms with Crippen LogP contribution in [-0.2, 0) is 21.3 Å². The van der Waals surface area contributed by atoms with Crippen molar-refractivity contribution in [2.45, 2.75) is 44.2 Å². The zero-order valence-electron chi connectivity index (χ0n) is 20.1. The third kappa shape index (κ3) is 5.54. The number of amidine groups is 1. The van der Waals surface area contributed by atoms with Crippen molar-refractivity contribution in [3.05, 3.63) is 101 Å². The van der Waals surface area contributed by atoms with E-state index in [1.807, 2.05) is 6.07 Å². The maximum atomic E-state index is 14.2. The fourth-order valence-corrected chi connectivity index (χ4v) is 5.94. The number of benzene rings is 2. The Kier molecular flexibility index (Phi) is 7.07. The summed E-state index contributed by atoms with van der Waals surface area (Å²) in [6.45, 7) is 5.15. The van der Waals surface area contributed by atoms with Gasteiger partial charge in [0.05, 0.1) is 18.3 Å². The number of hydrogen-bond donors (Lipinski definition) is 2. The number of rotatable bonds is 6. The van der Waals surface area contributed by atoms with Crippen molar-refractivity contribution >= 4 is 22.0 Å². The molecule has 2 heterocycles. The first-order chi connectivity index (χ1) is 17.1. The zero-order chi connectivity index (χ0) is 25.9. The van der Waals surface area contributed by atoms with E-state index in [1.165, 1.54) is 12.1 Å². The average Bonchev–Trinajstić information content (AvgIpc) is 2.82. The molecular weight excluding hydrogens is 483 g/mol. The largest absolute Gasteiger partial charge is 0.457 e. The highest BCUT2D eigenvalue weighted by atomic mass is 32.2. The number of pyridine rings is 1. The quantitative estimate of drug-likeness (QED) is 0.520. The molecule has 1 aliphatic rings. The fourth-order valence-electron chi connectivity index (χ4n) is 4.19. The highest BCUT2D eigenvalue weighted by Gasteiger charge is 2.48. The van der Waals surface area contributed by atoms with Gasteiger partial charge in [-0.15, -0.1) is 0 Å². The van der Waals surface area contributed by atoms with E-state index in [1.54, 1.807) is 75.5 Å². The lowest BCUT2D eigenvalue weighted by molar-refractivity contribution is 0.0759. The number of aliphatic imine (C=N–C) groups is 1. The van der Waals surface area contributed by atoms with E-state index in [0.717, 1.165) is 0 Å². The van der Waals surface area contributed by atoms with E-state index in [-0.39, 0.29) is 18.5 Å². The summed E-state index contributed by atoms with van der Waals surface area (Å²) in [5.74, 6) is -0.799. The van der Waals surface area contributed by atoms with Crippen molar-refractivity contribution in [2.24, 2.45) is 4.99 Å².